The summed E-state index contributed by atoms with van der Waals surface area (Å²) >= 11 is 0. The second-order valence-electron chi connectivity index (χ2n) is 6.88. The van der Waals surface area contributed by atoms with Crippen molar-refractivity contribution in [2.75, 3.05) is 0 Å². The Morgan fingerprint density at radius 1 is 0.864 bits per heavy atom. The topological polar surface area (TPSA) is 0 Å². The Bertz CT molecular complexity index is 744. The summed E-state index contributed by atoms with van der Waals surface area (Å²) in [5.41, 5.74) is 7.42. The van der Waals surface area contributed by atoms with Crippen LogP contribution in [0.3, 0.4) is 0 Å². The summed E-state index contributed by atoms with van der Waals surface area (Å²) in [6.07, 6.45) is 6.74. The van der Waals surface area contributed by atoms with Crippen LogP contribution < -0.4 is 0 Å². The molecule has 0 aromatic heterocycles. The first-order valence-electron chi connectivity index (χ1n) is 8.05. The van der Waals surface area contributed by atoms with Gasteiger partial charge in [0.15, 0.2) is 0 Å². The van der Waals surface area contributed by atoms with Crippen LogP contribution >= 0.6 is 0 Å². The Hall–Kier alpha value is -2.08. The van der Waals surface area contributed by atoms with E-state index in [1.54, 1.807) is 0 Å². The average Bonchev–Trinajstić information content (AvgIpc) is 2.99. The lowest BCUT2D eigenvalue weighted by Crippen LogP contribution is -2.10. The number of hydrogen-bond acceptors (Lipinski definition) is 0. The van der Waals surface area contributed by atoms with Gasteiger partial charge >= 0.3 is 0 Å². The fourth-order valence-electron chi connectivity index (χ4n) is 3.27. The molecule has 0 fully saturated rings. The molecule has 1 atom stereocenters. The summed E-state index contributed by atoms with van der Waals surface area (Å²) in [4.78, 5) is 0. The van der Waals surface area contributed by atoms with Gasteiger partial charge < -0.3 is 0 Å². The van der Waals surface area contributed by atoms with Crippen molar-refractivity contribution < 1.29 is 0 Å². The number of hydrogen-bond donors (Lipinski definition) is 0. The first kappa shape index (κ1) is 14.8. The van der Waals surface area contributed by atoms with Crippen LogP contribution in [0.25, 0.3) is 12.2 Å². The van der Waals surface area contributed by atoms with Gasteiger partial charge in [0.05, 0.1) is 0 Å². The van der Waals surface area contributed by atoms with Crippen LogP contribution in [0, 0.1) is 0 Å². The molecule has 0 bridgehead atoms. The van der Waals surface area contributed by atoms with Crippen LogP contribution in [0.1, 0.15) is 55.9 Å². The Balaban J connectivity index is 0.000000131. The third-order valence-electron chi connectivity index (χ3n) is 4.86. The van der Waals surface area contributed by atoms with E-state index in [2.05, 4.69) is 94.5 Å². The van der Waals surface area contributed by atoms with Crippen LogP contribution in [0.4, 0.5) is 0 Å². The van der Waals surface area contributed by atoms with Gasteiger partial charge in [0, 0.05) is 11.3 Å². The highest BCUT2D eigenvalue weighted by Crippen LogP contribution is 2.35. The Labute approximate surface area is 134 Å². The van der Waals surface area contributed by atoms with Crippen molar-refractivity contribution in [2.45, 2.75) is 39.0 Å². The average molecular weight is 288 g/mol. The molecule has 4 rings (SSSR count). The summed E-state index contributed by atoms with van der Waals surface area (Å²) in [7, 11) is 0. The molecule has 0 radical (unpaired) electrons. The number of benzene rings is 2. The van der Waals surface area contributed by atoms with Crippen molar-refractivity contribution in [3.05, 3.63) is 82.4 Å². The van der Waals surface area contributed by atoms with Crippen molar-refractivity contribution in [1.29, 1.82) is 0 Å². The van der Waals surface area contributed by atoms with Crippen molar-refractivity contribution in [3.63, 3.8) is 0 Å². The molecule has 1 unspecified atom stereocenters. The quantitative estimate of drug-likeness (QED) is 0.541. The molecule has 0 aliphatic heterocycles. The van der Waals surface area contributed by atoms with Gasteiger partial charge in [-0.1, -0.05) is 93.1 Å². The van der Waals surface area contributed by atoms with Gasteiger partial charge in [-0.3, -0.25) is 0 Å². The van der Waals surface area contributed by atoms with E-state index < -0.39 is 0 Å². The molecular formula is C22H24. The first-order chi connectivity index (χ1) is 10.5. The summed E-state index contributed by atoms with van der Waals surface area (Å²) in [6.45, 7) is 8.95. The third-order valence-corrected chi connectivity index (χ3v) is 4.86. The van der Waals surface area contributed by atoms with Crippen LogP contribution in [0.15, 0.2) is 60.2 Å². The highest BCUT2D eigenvalue weighted by molar-refractivity contribution is 5.65. The van der Waals surface area contributed by atoms with E-state index in [1.165, 1.54) is 27.8 Å². The minimum absolute atomic E-state index is 0.247. The van der Waals surface area contributed by atoms with Gasteiger partial charge in [-0.15, -0.1) is 0 Å². The van der Waals surface area contributed by atoms with Crippen LogP contribution in [-0.4, -0.2) is 0 Å². The van der Waals surface area contributed by atoms with Gasteiger partial charge in [-0.25, -0.2) is 0 Å². The van der Waals surface area contributed by atoms with E-state index >= 15 is 0 Å². The van der Waals surface area contributed by atoms with Crippen molar-refractivity contribution in [1.82, 2.24) is 0 Å². The van der Waals surface area contributed by atoms with Crippen LogP contribution in [0.2, 0.25) is 0 Å². The van der Waals surface area contributed by atoms with Gasteiger partial charge in [-0.2, -0.15) is 0 Å². The molecule has 112 valence electrons. The van der Waals surface area contributed by atoms with E-state index in [0.717, 1.165) is 0 Å². The maximum atomic E-state index is 2.28. The van der Waals surface area contributed by atoms with E-state index in [1.807, 2.05) is 0 Å². The standard InChI is InChI=1S/2C11H12/c1-11(2)8-7-9-5-3-4-6-10(9)11;1-8-7-10-5-3-4-6-11(10)9(8)2/h3-8H,1-2H3;3-7,9H,1-2H3. The molecule has 0 saturated heterocycles. The Kier molecular flexibility index (Phi) is 3.78. The Morgan fingerprint density at radius 2 is 1.50 bits per heavy atom. The molecule has 2 aromatic carbocycles. The van der Waals surface area contributed by atoms with E-state index in [4.69, 9.17) is 0 Å². The van der Waals surface area contributed by atoms with Crippen molar-refractivity contribution in [3.8, 4) is 0 Å². The highest BCUT2D eigenvalue weighted by atomic mass is 14.3. The SMILES string of the molecule is CC1(C)C=Cc2ccccc21.CC1=Cc2ccccc2C1C. The minimum Gasteiger partial charge on any atom is -0.0739 e. The molecule has 2 aliphatic carbocycles. The lowest BCUT2D eigenvalue weighted by atomic mass is 9.87. The molecule has 0 heterocycles. The zero-order valence-corrected chi connectivity index (χ0v) is 13.9. The van der Waals surface area contributed by atoms with Gasteiger partial charge in [-0.05, 0) is 29.2 Å². The van der Waals surface area contributed by atoms with Crippen LogP contribution in [-0.2, 0) is 5.41 Å². The van der Waals surface area contributed by atoms with E-state index in [-0.39, 0.29) is 5.41 Å². The first-order valence-corrected chi connectivity index (χ1v) is 8.05. The van der Waals surface area contributed by atoms with Gasteiger partial charge in [0.25, 0.3) is 0 Å². The third kappa shape index (κ3) is 2.66. The summed E-state index contributed by atoms with van der Waals surface area (Å²) in [5, 5.41) is 0. The fourth-order valence-corrected chi connectivity index (χ4v) is 3.27. The smallest absolute Gasteiger partial charge is 0.00845 e. The normalized spacial score (nSPS) is 19.8. The summed E-state index contributed by atoms with van der Waals surface area (Å²) in [6, 6.07) is 17.2. The molecule has 0 N–H and O–H groups in total. The number of rotatable bonds is 0. The Morgan fingerprint density at radius 3 is 2.18 bits per heavy atom. The van der Waals surface area contributed by atoms with Gasteiger partial charge in [0.1, 0.15) is 0 Å². The molecule has 0 heteroatoms. The zero-order valence-electron chi connectivity index (χ0n) is 13.9. The predicted octanol–water partition coefficient (Wildman–Crippen LogP) is 6.20. The zero-order chi connectivity index (χ0) is 15.7. The molecule has 22 heavy (non-hydrogen) atoms. The number of fused-ring (bicyclic) bond motifs is 2. The highest BCUT2D eigenvalue weighted by Gasteiger charge is 2.23. The predicted molar refractivity (Wildman–Crippen MR) is 97.0 cm³/mol. The van der Waals surface area contributed by atoms with Gasteiger partial charge in [0.2, 0.25) is 0 Å². The summed E-state index contributed by atoms with van der Waals surface area (Å²) < 4.78 is 0. The molecule has 2 aliphatic rings. The monoisotopic (exact) mass is 288 g/mol. The largest absolute Gasteiger partial charge is 0.0739 e. The minimum atomic E-state index is 0.247. The lowest BCUT2D eigenvalue weighted by molar-refractivity contribution is 0.683. The fraction of sp³-hybridized carbons (Fsp3) is 0.273. The number of allylic oxidation sites excluding steroid dienone is 2. The molecule has 0 nitrogen and oxygen atoms in total. The molecular weight excluding hydrogens is 264 g/mol. The molecule has 2 aromatic rings. The summed E-state index contributed by atoms with van der Waals surface area (Å²) in [5.74, 6) is 0.631. The maximum Gasteiger partial charge on any atom is 0.00845 e. The lowest BCUT2D eigenvalue weighted by Gasteiger charge is -2.16. The van der Waals surface area contributed by atoms with Crippen molar-refractivity contribution >= 4 is 12.2 Å². The van der Waals surface area contributed by atoms with Crippen LogP contribution in [0.5, 0.6) is 0 Å². The van der Waals surface area contributed by atoms with E-state index in [9.17, 15) is 0 Å². The maximum absolute atomic E-state index is 2.28. The van der Waals surface area contributed by atoms with E-state index in [0.29, 0.717) is 5.92 Å². The molecule has 0 saturated carbocycles. The second kappa shape index (κ2) is 5.61. The molecule has 0 amide bonds. The second-order valence-corrected chi connectivity index (χ2v) is 6.88. The van der Waals surface area contributed by atoms with Crippen molar-refractivity contribution in [2.24, 2.45) is 0 Å². The molecule has 0 spiro atoms.